The number of likely N-dealkylation sites (tertiary alicyclic amines) is 1. The van der Waals surface area contributed by atoms with E-state index in [9.17, 15) is 9.59 Å². The van der Waals surface area contributed by atoms with Gasteiger partial charge in [-0.05, 0) is 61.4 Å². The second-order valence-electron chi connectivity index (χ2n) is 7.01. The van der Waals surface area contributed by atoms with Crippen LogP contribution in [0.4, 0.5) is 16.2 Å². The van der Waals surface area contributed by atoms with Crippen molar-refractivity contribution in [1.29, 1.82) is 0 Å². The van der Waals surface area contributed by atoms with Crippen molar-refractivity contribution >= 4 is 34.9 Å². The summed E-state index contributed by atoms with van der Waals surface area (Å²) in [4.78, 5) is 26.3. The second-order valence-corrected chi connectivity index (χ2v) is 7.45. The molecule has 3 amide bonds. The number of halogens is 1. The zero-order valence-electron chi connectivity index (χ0n) is 16.3. The second kappa shape index (κ2) is 10.7. The molecule has 0 saturated carbocycles. The molecule has 0 unspecified atom stereocenters. The van der Waals surface area contributed by atoms with E-state index in [4.69, 9.17) is 16.3 Å². The summed E-state index contributed by atoms with van der Waals surface area (Å²) in [6.07, 6.45) is 4.71. The number of anilines is 2. The summed E-state index contributed by atoms with van der Waals surface area (Å²) in [5.41, 5.74) is 1.39. The van der Waals surface area contributed by atoms with Gasteiger partial charge >= 0.3 is 6.03 Å². The summed E-state index contributed by atoms with van der Waals surface area (Å²) in [6.45, 7) is 1.88. The van der Waals surface area contributed by atoms with Crippen molar-refractivity contribution in [2.24, 2.45) is 0 Å². The number of carbonyl (C=O) groups excluding carboxylic acids is 2. The Bertz CT molecular complexity index is 801. The Balaban J connectivity index is 1.41. The molecule has 1 aliphatic heterocycles. The van der Waals surface area contributed by atoms with Crippen LogP contribution in [-0.2, 0) is 4.79 Å². The van der Waals surface area contributed by atoms with Gasteiger partial charge in [0, 0.05) is 29.5 Å². The monoisotopic (exact) mass is 415 g/mol. The molecule has 0 atom stereocenters. The van der Waals surface area contributed by atoms with E-state index in [-0.39, 0.29) is 25.0 Å². The lowest BCUT2D eigenvalue weighted by molar-refractivity contribution is -0.116. The maximum atomic E-state index is 12.4. The summed E-state index contributed by atoms with van der Waals surface area (Å²) < 4.78 is 5.53. The summed E-state index contributed by atoms with van der Waals surface area (Å²) in [6, 6.07) is 14.1. The topological polar surface area (TPSA) is 70.7 Å². The van der Waals surface area contributed by atoms with Gasteiger partial charge in [0.25, 0.3) is 0 Å². The smallest absolute Gasteiger partial charge is 0.321 e. The molecule has 1 saturated heterocycles. The van der Waals surface area contributed by atoms with E-state index < -0.39 is 0 Å². The van der Waals surface area contributed by atoms with E-state index in [1.807, 2.05) is 4.90 Å². The molecule has 3 rings (SSSR count). The van der Waals surface area contributed by atoms with Gasteiger partial charge in [-0.2, -0.15) is 0 Å². The van der Waals surface area contributed by atoms with E-state index >= 15 is 0 Å². The highest BCUT2D eigenvalue weighted by atomic mass is 35.5. The lowest BCUT2D eigenvalue weighted by Gasteiger charge is -2.20. The fourth-order valence-electron chi connectivity index (χ4n) is 3.13. The van der Waals surface area contributed by atoms with E-state index in [2.05, 4.69) is 10.6 Å². The number of hydrogen-bond donors (Lipinski definition) is 2. The molecule has 0 aromatic heterocycles. The van der Waals surface area contributed by atoms with Crippen molar-refractivity contribution < 1.29 is 14.3 Å². The van der Waals surface area contributed by atoms with Crippen molar-refractivity contribution in [1.82, 2.24) is 4.90 Å². The minimum absolute atomic E-state index is 0.0666. The van der Waals surface area contributed by atoms with Crippen LogP contribution in [0.5, 0.6) is 5.75 Å². The van der Waals surface area contributed by atoms with E-state index in [0.29, 0.717) is 22.1 Å². The van der Waals surface area contributed by atoms with Gasteiger partial charge in [-0.1, -0.05) is 24.4 Å². The Morgan fingerprint density at radius 2 is 1.45 bits per heavy atom. The maximum absolute atomic E-state index is 12.4. The Kier molecular flexibility index (Phi) is 7.76. The van der Waals surface area contributed by atoms with Crippen LogP contribution in [0.15, 0.2) is 48.5 Å². The standard InChI is InChI=1S/C22H26ClN3O3/c23-17-5-11-20(12-6-17)29-16-13-21(27)24-18-7-9-19(10-8-18)25-22(28)26-14-3-1-2-4-15-26/h5-12H,1-4,13-16H2,(H,24,27)(H,25,28). The highest BCUT2D eigenvalue weighted by Gasteiger charge is 2.15. The number of rotatable bonds is 6. The van der Waals surface area contributed by atoms with Gasteiger partial charge in [0.15, 0.2) is 0 Å². The number of hydrogen-bond acceptors (Lipinski definition) is 3. The van der Waals surface area contributed by atoms with Crippen LogP contribution < -0.4 is 15.4 Å². The van der Waals surface area contributed by atoms with Gasteiger partial charge in [-0.25, -0.2) is 4.79 Å². The number of ether oxygens (including phenoxy) is 1. The molecule has 154 valence electrons. The molecule has 1 fully saturated rings. The zero-order valence-corrected chi connectivity index (χ0v) is 17.1. The van der Waals surface area contributed by atoms with Crippen LogP contribution in [0.3, 0.4) is 0 Å². The Labute approximate surface area is 176 Å². The summed E-state index contributed by atoms with van der Waals surface area (Å²) >= 11 is 5.83. The van der Waals surface area contributed by atoms with Gasteiger partial charge < -0.3 is 20.3 Å². The molecule has 0 bridgehead atoms. The molecule has 29 heavy (non-hydrogen) atoms. The van der Waals surface area contributed by atoms with Crippen molar-refractivity contribution in [2.75, 3.05) is 30.3 Å². The lowest BCUT2D eigenvalue weighted by Crippen LogP contribution is -2.35. The molecular weight excluding hydrogens is 390 g/mol. The molecule has 2 aromatic carbocycles. The predicted octanol–water partition coefficient (Wildman–Crippen LogP) is 5.16. The number of carbonyl (C=O) groups is 2. The van der Waals surface area contributed by atoms with E-state index in [0.717, 1.165) is 25.9 Å². The molecule has 1 aliphatic rings. The largest absolute Gasteiger partial charge is 0.493 e. The van der Waals surface area contributed by atoms with Gasteiger partial charge in [0.1, 0.15) is 5.75 Å². The first-order valence-corrected chi connectivity index (χ1v) is 10.3. The van der Waals surface area contributed by atoms with Gasteiger partial charge in [0.2, 0.25) is 5.91 Å². The lowest BCUT2D eigenvalue weighted by atomic mass is 10.2. The fourth-order valence-corrected chi connectivity index (χ4v) is 3.26. The SMILES string of the molecule is O=C(CCOc1ccc(Cl)cc1)Nc1ccc(NC(=O)N2CCCCCC2)cc1. The quantitative estimate of drug-likeness (QED) is 0.684. The molecular formula is C22H26ClN3O3. The first kappa shape index (κ1) is 21.0. The minimum atomic E-state index is -0.139. The molecule has 0 aliphatic carbocycles. The van der Waals surface area contributed by atoms with Crippen molar-refractivity contribution in [3.05, 3.63) is 53.6 Å². The first-order valence-electron chi connectivity index (χ1n) is 9.94. The highest BCUT2D eigenvalue weighted by molar-refractivity contribution is 6.30. The molecule has 7 heteroatoms. The van der Waals surface area contributed by atoms with Gasteiger partial charge in [-0.15, -0.1) is 0 Å². The number of amides is 3. The average molecular weight is 416 g/mol. The van der Waals surface area contributed by atoms with Crippen LogP contribution in [0.1, 0.15) is 32.1 Å². The highest BCUT2D eigenvalue weighted by Crippen LogP contribution is 2.17. The van der Waals surface area contributed by atoms with Crippen molar-refractivity contribution in [2.45, 2.75) is 32.1 Å². The summed E-state index contributed by atoms with van der Waals surface area (Å²) in [5, 5.41) is 6.39. The molecule has 0 radical (unpaired) electrons. The number of nitrogens with zero attached hydrogens (tertiary/aromatic N) is 1. The third kappa shape index (κ3) is 6.98. The predicted molar refractivity (Wildman–Crippen MR) is 116 cm³/mol. The number of nitrogens with one attached hydrogen (secondary N) is 2. The van der Waals surface area contributed by atoms with Crippen LogP contribution in [0.25, 0.3) is 0 Å². The molecule has 0 spiro atoms. The minimum Gasteiger partial charge on any atom is -0.493 e. The zero-order chi connectivity index (χ0) is 20.5. The van der Waals surface area contributed by atoms with Gasteiger partial charge in [-0.3, -0.25) is 4.79 Å². The molecule has 2 N–H and O–H groups in total. The molecule has 2 aromatic rings. The Morgan fingerprint density at radius 3 is 2.07 bits per heavy atom. The van der Waals surface area contributed by atoms with Crippen LogP contribution in [-0.4, -0.2) is 36.5 Å². The summed E-state index contributed by atoms with van der Waals surface area (Å²) in [7, 11) is 0. The third-order valence-corrected chi connectivity index (χ3v) is 4.98. The normalized spacial score (nSPS) is 14.0. The van der Waals surface area contributed by atoms with Crippen LogP contribution >= 0.6 is 11.6 Å². The van der Waals surface area contributed by atoms with Gasteiger partial charge in [0.05, 0.1) is 13.0 Å². The molecule has 6 nitrogen and oxygen atoms in total. The Morgan fingerprint density at radius 1 is 0.862 bits per heavy atom. The Hall–Kier alpha value is -2.73. The number of urea groups is 1. The van der Waals surface area contributed by atoms with Crippen LogP contribution in [0, 0.1) is 0 Å². The fraction of sp³-hybridized carbons (Fsp3) is 0.364. The van der Waals surface area contributed by atoms with Crippen molar-refractivity contribution in [3.8, 4) is 5.75 Å². The van der Waals surface area contributed by atoms with Crippen LogP contribution in [0.2, 0.25) is 5.02 Å². The van der Waals surface area contributed by atoms with E-state index in [1.165, 1.54) is 12.8 Å². The van der Waals surface area contributed by atoms with E-state index in [1.54, 1.807) is 48.5 Å². The van der Waals surface area contributed by atoms with Crippen molar-refractivity contribution in [3.63, 3.8) is 0 Å². The summed E-state index contributed by atoms with van der Waals surface area (Å²) in [5.74, 6) is 0.534. The third-order valence-electron chi connectivity index (χ3n) is 4.72. The average Bonchev–Trinajstić information content (AvgIpc) is 3.01. The number of benzene rings is 2. The maximum Gasteiger partial charge on any atom is 0.321 e. The molecule has 1 heterocycles. The first-order chi connectivity index (χ1) is 14.1.